The Labute approximate surface area is 128 Å². The fourth-order valence-corrected chi connectivity index (χ4v) is 3.26. The van der Waals surface area contributed by atoms with Gasteiger partial charge in [-0.2, -0.15) is 5.10 Å². The van der Waals surface area contributed by atoms with Gasteiger partial charge in [0.15, 0.2) is 10.8 Å². The van der Waals surface area contributed by atoms with E-state index in [2.05, 4.69) is 25.5 Å². The lowest BCUT2D eigenvalue weighted by molar-refractivity contribution is 0.208. The van der Waals surface area contributed by atoms with Gasteiger partial charge in [-0.15, -0.1) is 0 Å². The molecule has 6 nitrogen and oxygen atoms in total. The molecule has 0 radical (unpaired) electrons. The van der Waals surface area contributed by atoms with Gasteiger partial charge in [0.05, 0.1) is 17.2 Å². The molecule has 0 saturated heterocycles. The number of hydrogen-bond acceptors (Lipinski definition) is 6. The van der Waals surface area contributed by atoms with E-state index in [1.165, 1.54) is 37.4 Å². The summed E-state index contributed by atoms with van der Waals surface area (Å²) in [6.45, 7) is 2.23. The molecule has 2 aromatic heterocycles. The van der Waals surface area contributed by atoms with E-state index >= 15 is 0 Å². The first kappa shape index (κ1) is 14.6. The highest BCUT2D eigenvalue weighted by Crippen LogP contribution is 2.38. The average Bonchev–Trinajstić information content (AvgIpc) is 3.12. The molecule has 21 heavy (non-hydrogen) atoms. The number of H-pyrrole nitrogens is 1. The first-order valence-corrected chi connectivity index (χ1v) is 8.63. The number of nitrogens with one attached hydrogen (secondary N) is 2. The van der Waals surface area contributed by atoms with Crippen LogP contribution in [0.5, 0.6) is 0 Å². The Balaban J connectivity index is 2.04. The van der Waals surface area contributed by atoms with Gasteiger partial charge in [-0.1, -0.05) is 24.6 Å². The average molecular weight is 307 g/mol. The van der Waals surface area contributed by atoms with Crippen LogP contribution in [0, 0.1) is 0 Å². The maximum atomic E-state index is 9.51. The Hall–Kier alpha value is -1.34. The van der Waals surface area contributed by atoms with Crippen LogP contribution in [0.3, 0.4) is 0 Å². The van der Waals surface area contributed by atoms with Crippen LogP contribution >= 0.6 is 11.8 Å². The van der Waals surface area contributed by atoms with Gasteiger partial charge >= 0.3 is 0 Å². The van der Waals surface area contributed by atoms with E-state index in [1.54, 1.807) is 6.92 Å². The fraction of sp³-hybridized carbons (Fsp3) is 0.643. The molecule has 114 valence electrons. The topological polar surface area (TPSA) is 86.7 Å². The zero-order valence-corrected chi connectivity index (χ0v) is 13.2. The highest BCUT2D eigenvalue weighted by Gasteiger charge is 2.25. The molecular weight excluding hydrogens is 286 g/mol. The van der Waals surface area contributed by atoms with Crippen molar-refractivity contribution in [1.29, 1.82) is 0 Å². The van der Waals surface area contributed by atoms with Crippen LogP contribution in [-0.2, 0) is 0 Å². The summed E-state index contributed by atoms with van der Waals surface area (Å²) in [7, 11) is 0. The fourth-order valence-electron chi connectivity index (χ4n) is 2.89. The smallest absolute Gasteiger partial charge is 0.191 e. The molecule has 0 amide bonds. The highest BCUT2D eigenvalue weighted by molar-refractivity contribution is 7.98. The zero-order chi connectivity index (χ0) is 14.8. The van der Waals surface area contributed by atoms with E-state index in [9.17, 15) is 5.11 Å². The summed E-state index contributed by atoms with van der Waals surface area (Å²) in [5.41, 5.74) is 1.85. The summed E-state index contributed by atoms with van der Waals surface area (Å²) >= 11 is 1.50. The minimum absolute atomic E-state index is 0.422. The number of anilines is 1. The van der Waals surface area contributed by atoms with Crippen LogP contribution < -0.4 is 5.32 Å². The number of aliphatic hydroxyl groups is 1. The highest BCUT2D eigenvalue weighted by atomic mass is 32.2. The number of aromatic amines is 1. The normalized spacial score (nSPS) is 17.5. The van der Waals surface area contributed by atoms with Gasteiger partial charge in [-0.05, 0) is 26.0 Å². The lowest BCUT2D eigenvalue weighted by Crippen LogP contribution is -2.16. The van der Waals surface area contributed by atoms with Crippen LogP contribution in [0.2, 0.25) is 0 Å². The molecule has 3 rings (SSSR count). The van der Waals surface area contributed by atoms with E-state index < -0.39 is 6.10 Å². The standard InChI is InChI=1S/C14H21N5OS/c1-8(20)7-15-12-10-11(9-5-3-4-6-9)18-19-13(10)17-14(16-12)21-2/h8-9,20H,3-7H2,1-2H3,(H2,15,16,17,18,19)/t8-/m0/s1. The minimum atomic E-state index is -0.422. The molecule has 1 aliphatic rings. The van der Waals surface area contributed by atoms with E-state index in [4.69, 9.17) is 0 Å². The quantitative estimate of drug-likeness (QED) is 0.581. The molecule has 1 fully saturated rings. The summed E-state index contributed by atoms with van der Waals surface area (Å²) < 4.78 is 0. The summed E-state index contributed by atoms with van der Waals surface area (Å²) in [4.78, 5) is 9.07. The van der Waals surface area contributed by atoms with Gasteiger partial charge in [0, 0.05) is 12.5 Å². The molecule has 7 heteroatoms. The summed E-state index contributed by atoms with van der Waals surface area (Å²) in [6.07, 6.45) is 6.42. The monoisotopic (exact) mass is 307 g/mol. The van der Waals surface area contributed by atoms with Crippen LogP contribution in [0.25, 0.3) is 11.0 Å². The van der Waals surface area contributed by atoms with Gasteiger partial charge in [0.1, 0.15) is 5.82 Å². The van der Waals surface area contributed by atoms with Gasteiger partial charge in [0.25, 0.3) is 0 Å². The summed E-state index contributed by atoms with van der Waals surface area (Å²) in [5.74, 6) is 1.27. The Morgan fingerprint density at radius 1 is 1.38 bits per heavy atom. The predicted octanol–water partition coefficient (Wildman–Crippen LogP) is 2.53. The predicted molar refractivity (Wildman–Crippen MR) is 84.8 cm³/mol. The molecule has 2 aromatic rings. The Morgan fingerprint density at radius 3 is 2.81 bits per heavy atom. The summed E-state index contributed by atoms with van der Waals surface area (Å²) in [5, 5.41) is 22.0. The number of thioether (sulfide) groups is 1. The SMILES string of the molecule is CSc1nc(NC[C@H](C)O)c2c(C3CCCC3)n[nH]c2n1. The van der Waals surface area contributed by atoms with Crippen LogP contribution in [-0.4, -0.2) is 44.2 Å². The van der Waals surface area contributed by atoms with Crippen molar-refractivity contribution < 1.29 is 5.11 Å². The summed E-state index contributed by atoms with van der Waals surface area (Å²) in [6, 6.07) is 0. The van der Waals surface area contributed by atoms with Crippen LogP contribution in [0.1, 0.15) is 44.2 Å². The minimum Gasteiger partial charge on any atom is -0.392 e. The molecule has 0 aromatic carbocycles. The number of hydrogen-bond donors (Lipinski definition) is 3. The van der Waals surface area contributed by atoms with Crippen molar-refractivity contribution >= 4 is 28.6 Å². The van der Waals surface area contributed by atoms with Crippen molar-refractivity contribution in [2.24, 2.45) is 0 Å². The molecule has 0 aliphatic heterocycles. The van der Waals surface area contributed by atoms with Crippen LogP contribution in [0.4, 0.5) is 5.82 Å². The molecular formula is C14H21N5OS. The Morgan fingerprint density at radius 2 is 2.14 bits per heavy atom. The first-order valence-electron chi connectivity index (χ1n) is 7.41. The van der Waals surface area contributed by atoms with E-state index in [0.29, 0.717) is 17.6 Å². The van der Waals surface area contributed by atoms with Crippen molar-refractivity contribution in [3.05, 3.63) is 5.69 Å². The van der Waals surface area contributed by atoms with Gasteiger partial charge in [-0.25, -0.2) is 9.97 Å². The maximum absolute atomic E-state index is 9.51. The van der Waals surface area contributed by atoms with Crippen molar-refractivity contribution in [2.75, 3.05) is 18.1 Å². The van der Waals surface area contributed by atoms with Crippen molar-refractivity contribution in [3.8, 4) is 0 Å². The first-order chi connectivity index (χ1) is 10.2. The number of fused-ring (bicyclic) bond motifs is 1. The molecule has 2 heterocycles. The maximum Gasteiger partial charge on any atom is 0.191 e. The van der Waals surface area contributed by atoms with Crippen molar-refractivity contribution in [3.63, 3.8) is 0 Å². The molecule has 1 aliphatic carbocycles. The lowest BCUT2D eigenvalue weighted by atomic mass is 10.0. The van der Waals surface area contributed by atoms with E-state index in [0.717, 1.165) is 22.5 Å². The third-order valence-corrected chi connectivity index (χ3v) is 4.46. The van der Waals surface area contributed by atoms with E-state index in [-0.39, 0.29) is 0 Å². The molecule has 1 atom stereocenters. The second-order valence-corrected chi connectivity index (χ2v) is 6.38. The number of aromatic nitrogens is 4. The third kappa shape index (κ3) is 2.98. The van der Waals surface area contributed by atoms with E-state index in [1.807, 2.05) is 6.26 Å². The Bertz CT molecular complexity index is 621. The molecule has 1 saturated carbocycles. The second kappa shape index (κ2) is 6.19. The zero-order valence-electron chi connectivity index (χ0n) is 12.4. The second-order valence-electron chi connectivity index (χ2n) is 5.60. The van der Waals surface area contributed by atoms with Crippen LogP contribution in [0.15, 0.2) is 5.16 Å². The lowest BCUT2D eigenvalue weighted by Gasteiger charge is -2.12. The number of nitrogens with zero attached hydrogens (tertiary/aromatic N) is 3. The number of rotatable bonds is 5. The van der Waals surface area contributed by atoms with Gasteiger partial charge in [0.2, 0.25) is 0 Å². The molecule has 0 bridgehead atoms. The number of aliphatic hydroxyl groups excluding tert-OH is 1. The molecule has 0 spiro atoms. The van der Waals surface area contributed by atoms with Crippen molar-refractivity contribution in [2.45, 2.75) is 49.8 Å². The molecule has 0 unspecified atom stereocenters. The third-order valence-electron chi connectivity index (χ3n) is 3.92. The van der Waals surface area contributed by atoms with Gasteiger partial charge < -0.3 is 10.4 Å². The van der Waals surface area contributed by atoms with Crippen molar-refractivity contribution in [1.82, 2.24) is 20.2 Å². The van der Waals surface area contributed by atoms with Gasteiger partial charge in [-0.3, -0.25) is 5.10 Å². The Kier molecular flexibility index (Phi) is 4.30. The largest absolute Gasteiger partial charge is 0.392 e. The molecule has 3 N–H and O–H groups in total.